The van der Waals surface area contributed by atoms with E-state index in [1.807, 2.05) is 0 Å². The van der Waals surface area contributed by atoms with Crippen LogP contribution in [0.3, 0.4) is 0 Å². The van der Waals surface area contributed by atoms with E-state index < -0.39 is 6.10 Å². The number of aliphatic hydroxyl groups excluding tert-OH is 1. The van der Waals surface area contributed by atoms with E-state index in [1.54, 1.807) is 0 Å². The molecule has 0 radical (unpaired) electrons. The van der Waals surface area contributed by atoms with E-state index in [1.165, 1.54) is 26.2 Å². The molecule has 0 aromatic carbocycles. The van der Waals surface area contributed by atoms with Crippen molar-refractivity contribution in [3.8, 4) is 0 Å². The van der Waals surface area contributed by atoms with Crippen molar-refractivity contribution in [3.05, 3.63) is 0 Å². The van der Waals surface area contributed by atoms with Crippen LogP contribution in [0, 0.1) is 11.8 Å². The molecule has 2 fully saturated rings. The van der Waals surface area contributed by atoms with Crippen LogP contribution in [-0.2, 0) is 4.79 Å². The Bertz CT molecular complexity index is 193. The number of aliphatic hydroxyl groups is 1. The number of carbonyl (C=O) groups excluding carboxylic acids is 1. The van der Waals surface area contributed by atoms with E-state index in [9.17, 15) is 4.79 Å². The van der Waals surface area contributed by atoms with Gasteiger partial charge in [-0.2, -0.15) is 0 Å². The van der Waals surface area contributed by atoms with Gasteiger partial charge in [0.15, 0.2) is 0 Å². The van der Waals surface area contributed by atoms with Crippen LogP contribution < -0.4 is 5.32 Å². The lowest BCUT2D eigenvalue weighted by atomic mass is 10.2. The molecule has 1 amide bonds. The molecule has 0 bridgehead atoms. The standard InChI is InChI=1S/C9H15NO2/c1-5(11)9(12)10-8-6-3-2-4-7(6)8/h5-8,11H,2-4H2,1H3,(H,10,12)/t5?,6-,7+,8?. The van der Waals surface area contributed by atoms with Crippen LogP contribution in [0.1, 0.15) is 26.2 Å². The van der Waals surface area contributed by atoms with Gasteiger partial charge in [0.25, 0.3) is 0 Å². The Kier molecular flexibility index (Phi) is 1.83. The third-order valence-corrected chi connectivity index (χ3v) is 3.09. The minimum Gasteiger partial charge on any atom is -0.384 e. The fourth-order valence-corrected chi connectivity index (χ4v) is 2.32. The zero-order valence-electron chi connectivity index (χ0n) is 7.29. The largest absolute Gasteiger partial charge is 0.384 e. The van der Waals surface area contributed by atoms with Crippen molar-refractivity contribution in [2.75, 3.05) is 0 Å². The summed E-state index contributed by atoms with van der Waals surface area (Å²) in [6, 6.07) is 0.390. The van der Waals surface area contributed by atoms with Crippen molar-refractivity contribution in [2.45, 2.75) is 38.3 Å². The summed E-state index contributed by atoms with van der Waals surface area (Å²) < 4.78 is 0. The highest BCUT2D eigenvalue weighted by atomic mass is 16.3. The van der Waals surface area contributed by atoms with Crippen LogP contribution in [0.15, 0.2) is 0 Å². The van der Waals surface area contributed by atoms with Gasteiger partial charge in [-0.05, 0) is 31.6 Å². The molecule has 0 aromatic heterocycles. The van der Waals surface area contributed by atoms with Crippen LogP contribution in [0.4, 0.5) is 0 Å². The van der Waals surface area contributed by atoms with Crippen molar-refractivity contribution in [1.82, 2.24) is 5.32 Å². The number of fused-ring (bicyclic) bond motifs is 1. The molecule has 0 aliphatic heterocycles. The Hall–Kier alpha value is -0.570. The van der Waals surface area contributed by atoms with E-state index in [2.05, 4.69) is 5.32 Å². The Balaban J connectivity index is 1.79. The van der Waals surface area contributed by atoms with Gasteiger partial charge in [0.1, 0.15) is 6.10 Å². The third kappa shape index (κ3) is 1.22. The quantitative estimate of drug-likeness (QED) is 0.624. The first-order chi connectivity index (χ1) is 5.70. The molecule has 2 aliphatic rings. The number of hydrogen-bond donors (Lipinski definition) is 2. The molecule has 2 saturated carbocycles. The molecule has 0 aromatic rings. The topological polar surface area (TPSA) is 49.3 Å². The first-order valence-electron chi connectivity index (χ1n) is 4.68. The van der Waals surface area contributed by atoms with Crippen LogP contribution in [0.5, 0.6) is 0 Å². The fraction of sp³-hybridized carbons (Fsp3) is 0.889. The first kappa shape index (κ1) is 8.05. The second kappa shape index (κ2) is 2.73. The lowest BCUT2D eigenvalue weighted by Gasteiger charge is -2.08. The van der Waals surface area contributed by atoms with Crippen molar-refractivity contribution in [3.63, 3.8) is 0 Å². The van der Waals surface area contributed by atoms with Crippen LogP contribution >= 0.6 is 0 Å². The summed E-state index contributed by atoms with van der Waals surface area (Å²) in [6.07, 6.45) is 2.98. The van der Waals surface area contributed by atoms with E-state index in [0.717, 1.165) is 11.8 Å². The molecule has 68 valence electrons. The normalized spacial score (nSPS) is 40.3. The lowest BCUT2D eigenvalue weighted by molar-refractivity contribution is -0.128. The van der Waals surface area contributed by atoms with Gasteiger partial charge in [0.2, 0.25) is 5.91 Å². The average molecular weight is 169 g/mol. The lowest BCUT2D eigenvalue weighted by Crippen LogP contribution is -2.35. The first-order valence-corrected chi connectivity index (χ1v) is 4.68. The van der Waals surface area contributed by atoms with Gasteiger partial charge in [-0.15, -0.1) is 0 Å². The van der Waals surface area contributed by atoms with Gasteiger partial charge in [-0.25, -0.2) is 0 Å². The Morgan fingerprint density at radius 1 is 1.50 bits per heavy atom. The summed E-state index contributed by atoms with van der Waals surface area (Å²) in [7, 11) is 0. The number of carbonyl (C=O) groups is 1. The van der Waals surface area contributed by atoms with Gasteiger partial charge >= 0.3 is 0 Å². The predicted octanol–water partition coefficient (Wildman–Crippen LogP) is 0.282. The monoisotopic (exact) mass is 169 g/mol. The summed E-state index contributed by atoms with van der Waals surface area (Å²) in [4.78, 5) is 11.1. The van der Waals surface area contributed by atoms with Gasteiger partial charge in [-0.3, -0.25) is 4.79 Å². The molecule has 3 heteroatoms. The maximum absolute atomic E-state index is 11.1. The van der Waals surface area contributed by atoms with Crippen molar-refractivity contribution in [1.29, 1.82) is 0 Å². The maximum Gasteiger partial charge on any atom is 0.248 e. The summed E-state index contributed by atoms with van der Waals surface area (Å²) in [6.45, 7) is 1.51. The minimum atomic E-state index is -0.855. The van der Waals surface area contributed by atoms with E-state index in [0.29, 0.717) is 6.04 Å². The molecular formula is C9H15NO2. The molecule has 0 spiro atoms. The summed E-state index contributed by atoms with van der Waals surface area (Å²) in [5, 5.41) is 11.8. The smallest absolute Gasteiger partial charge is 0.248 e. The minimum absolute atomic E-state index is 0.214. The van der Waals surface area contributed by atoms with Crippen LogP contribution in [0.25, 0.3) is 0 Å². The zero-order valence-corrected chi connectivity index (χ0v) is 7.29. The molecule has 2 rings (SSSR count). The van der Waals surface area contributed by atoms with Gasteiger partial charge in [0.05, 0.1) is 0 Å². The molecule has 2 unspecified atom stereocenters. The maximum atomic E-state index is 11.1. The molecular weight excluding hydrogens is 154 g/mol. The van der Waals surface area contributed by atoms with Gasteiger partial charge in [-0.1, -0.05) is 6.42 Å². The summed E-state index contributed by atoms with van der Waals surface area (Å²) in [5.41, 5.74) is 0. The Morgan fingerprint density at radius 3 is 2.58 bits per heavy atom. The molecule has 0 saturated heterocycles. The molecule has 2 aliphatic carbocycles. The second-order valence-electron chi connectivity index (χ2n) is 3.97. The second-order valence-corrected chi connectivity index (χ2v) is 3.97. The molecule has 3 nitrogen and oxygen atoms in total. The van der Waals surface area contributed by atoms with E-state index in [4.69, 9.17) is 5.11 Å². The van der Waals surface area contributed by atoms with Crippen molar-refractivity contribution < 1.29 is 9.90 Å². The summed E-state index contributed by atoms with van der Waals surface area (Å²) in [5.74, 6) is 1.25. The SMILES string of the molecule is CC(O)C(=O)NC1[C@H]2CCC[C@@H]12. The highest BCUT2D eigenvalue weighted by Crippen LogP contribution is 2.51. The Labute approximate surface area is 72.2 Å². The highest BCUT2D eigenvalue weighted by molar-refractivity contribution is 5.80. The van der Waals surface area contributed by atoms with E-state index >= 15 is 0 Å². The van der Waals surface area contributed by atoms with Gasteiger partial charge in [0, 0.05) is 6.04 Å². The number of nitrogens with one attached hydrogen (secondary N) is 1. The number of amides is 1. The van der Waals surface area contributed by atoms with Crippen molar-refractivity contribution in [2.24, 2.45) is 11.8 Å². The number of rotatable bonds is 2. The highest BCUT2D eigenvalue weighted by Gasteiger charge is 2.53. The Morgan fingerprint density at radius 2 is 2.08 bits per heavy atom. The van der Waals surface area contributed by atoms with Crippen LogP contribution in [0.2, 0.25) is 0 Å². The molecule has 4 atom stereocenters. The number of hydrogen-bond acceptors (Lipinski definition) is 2. The molecule has 12 heavy (non-hydrogen) atoms. The van der Waals surface area contributed by atoms with Crippen molar-refractivity contribution >= 4 is 5.91 Å². The van der Waals surface area contributed by atoms with Crippen LogP contribution in [-0.4, -0.2) is 23.2 Å². The van der Waals surface area contributed by atoms with E-state index in [-0.39, 0.29) is 5.91 Å². The molecule has 2 N–H and O–H groups in total. The van der Waals surface area contributed by atoms with Gasteiger partial charge < -0.3 is 10.4 Å². The zero-order chi connectivity index (χ0) is 8.72. The fourth-order valence-electron chi connectivity index (χ4n) is 2.32. The predicted molar refractivity (Wildman–Crippen MR) is 44.4 cm³/mol. The average Bonchev–Trinajstić information content (AvgIpc) is 2.46. The summed E-state index contributed by atoms with van der Waals surface area (Å²) >= 11 is 0. The molecule has 0 heterocycles. The third-order valence-electron chi connectivity index (χ3n) is 3.09.